The highest BCUT2D eigenvalue weighted by atomic mass is 16.5. The number of aromatic nitrogens is 1. The van der Waals surface area contributed by atoms with Crippen LogP contribution in [0.25, 0.3) is 10.9 Å². The molecule has 4 N–H and O–H groups in total. The van der Waals surface area contributed by atoms with E-state index in [1.165, 1.54) is 0 Å². The molecule has 0 saturated carbocycles. The van der Waals surface area contributed by atoms with Gasteiger partial charge in [-0.3, -0.25) is 4.79 Å². The molecule has 2 heterocycles. The number of nitrogens with one attached hydrogen (secondary N) is 2. The minimum atomic E-state index is -0.0705. The van der Waals surface area contributed by atoms with Crippen LogP contribution in [-0.2, 0) is 4.74 Å². The SMILES string of the molecule is CC1CC(NC(=O)c2cc3cc(N)ccc3[nH]2)CCO1. The van der Waals surface area contributed by atoms with E-state index in [1.54, 1.807) is 0 Å². The first-order valence-electron chi connectivity index (χ1n) is 6.92. The highest BCUT2D eigenvalue weighted by Gasteiger charge is 2.22. The Hall–Kier alpha value is -2.01. The zero-order chi connectivity index (χ0) is 14.1. The number of benzene rings is 1. The second-order valence-electron chi connectivity index (χ2n) is 5.41. The number of rotatable bonds is 2. The summed E-state index contributed by atoms with van der Waals surface area (Å²) >= 11 is 0. The molecule has 0 radical (unpaired) electrons. The lowest BCUT2D eigenvalue weighted by molar-refractivity contribution is 0.0136. The van der Waals surface area contributed by atoms with Gasteiger partial charge >= 0.3 is 0 Å². The molecular weight excluding hydrogens is 254 g/mol. The van der Waals surface area contributed by atoms with E-state index in [-0.39, 0.29) is 18.1 Å². The number of nitrogen functional groups attached to an aromatic ring is 1. The average Bonchev–Trinajstić information content (AvgIpc) is 2.81. The van der Waals surface area contributed by atoms with Crippen LogP contribution in [0.15, 0.2) is 24.3 Å². The van der Waals surface area contributed by atoms with Crippen molar-refractivity contribution < 1.29 is 9.53 Å². The van der Waals surface area contributed by atoms with Crippen LogP contribution in [0.1, 0.15) is 30.3 Å². The Bertz CT molecular complexity index is 635. The first-order chi connectivity index (χ1) is 9.61. The highest BCUT2D eigenvalue weighted by molar-refractivity contribution is 5.98. The molecule has 20 heavy (non-hydrogen) atoms. The van der Waals surface area contributed by atoms with Crippen molar-refractivity contribution in [1.29, 1.82) is 0 Å². The zero-order valence-corrected chi connectivity index (χ0v) is 11.5. The number of hydrogen-bond acceptors (Lipinski definition) is 3. The molecule has 5 heteroatoms. The van der Waals surface area contributed by atoms with Gasteiger partial charge in [-0.2, -0.15) is 0 Å². The van der Waals surface area contributed by atoms with E-state index in [1.807, 2.05) is 31.2 Å². The van der Waals surface area contributed by atoms with Gasteiger partial charge in [-0.05, 0) is 44.0 Å². The van der Waals surface area contributed by atoms with Gasteiger partial charge in [-0.15, -0.1) is 0 Å². The Morgan fingerprint density at radius 3 is 3.10 bits per heavy atom. The molecule has 1 amide bonds. The van der Waals surface area contributed by atoms with Crippen molar-refractivity contribution in [2.75, 3.05) is 12.3 Å². The third-order valence-corrected chi connectivity index (χ3v) is 3.71. The summed E-state index contributed by atoms with van der Waals surface area (Å²) < 4.78 is 5.48. The molecule has 0 spiro atoms. The minimum absolute atomic E-state index is 0.0705. The predicted octanol–water partition coefficient (Wildman–Crippen LogP) is 2.05. The maximum absolute atomic E-state index is 12.3. The molecule has 5 nitrogen and oxygen atoms in total. The summed E-state index contributed by atoms with van der Waals surface area (Å²) in [6.45, 7) is 2.74. The molecule has 0 aliphatic carbocycles. The number of fused-ring (bicyclic) bond motifs is 1. The Labute approximate surface area is 117 Å². The van der Waals surface area contributed by atoms with Gasteiger partial charge in [0, 0.05) is 29.2 Å². The van der Waals surface area contributed by atoms with Crippen LogP contribution >= 0.6 is 0 Å². The highest BCUT2D eigenvalue weighted by Crippen LogP contribution is 2.19. The topological polar surface area (TPSA) is 80.1 Å². The molecule has 2 aromatic rings. The number of carbonyl (C=O) groups is 1. The molecular formula is C15H19N3O2. The van der Waals surface area contributed by atoms with Crippen molar-refractivity contribution in [3.63, 3.8) is 0 Å². The summed E-state index contributed by atoms with van der Waals surface area (Å²) in [5.41, 5.74) is 7.94. The molecule has 1 aromatic heterocycles. The summed E-state index contributed by atoms with van der Waals surface area (Å²) in [5.74, 6) is -0.0705. The van der Waals surface area contributed by atoms with E-state index < -0.39 is 0 Å². The van der Waals surface area contributed by atoms with Gasteiger partial charge in [0.25, 0.3) is 5.91 Å². The first kappa shape index (κ1) is 13.0. The summed E-state index contributed by atoms with van der Waals surface area (Å²) in [6, 6.07) is 7.59. The molecule has 1 fully saturated rings. The van der Waals surface area contributed by atoms with Crippen molar-refractivity contribution in [2.24, 2.45) is 0 Å². The minimum Gasteiger partial charge on any atom is -0.399 e. The van der Waals surface area contributed by atoms with Crippen LogP contribution in [0.5, 0.6) is 0 Å². The standard InChI is InChI=1S/C15H19N3O2/c1-9-6-12(4-5-20-9)17-15(19)14-8-10-7-11(16)2-3-13(10)18-14/h2-3,7-9,12,18H,4-6,16H2,1H3,(H,17,19). The van der Waals surface area contributed by atoms with E-state index in [0.29, 0.717) is 18.0 Å². The third kappa shape index (κ3) is 2.63. The maximum Gasteiger partial charge on any atom is 0.267 e. The molecule has 0 bridgehead atoms. The second-order valence-corrected chi connectivity index (χ2v) is 5.41. The van der Waals surface area contributed by atoms with Crippen molar-refractivity contribution in [3.05, 3.63) is 30.0 Å². The van der Waals surface area contributed by atoms with Gasteiger partial charge in [0.2, 0.25) is 0 Å². The van der Waals surface area contributed by atoms with E-state index in [0.717, 1.165) is 23.7 Å². The monoisotopic (exact) mass is 273 g/mol. The molecule has 1 aromatic carbocycles. The normalized spacial score (nSPS) is 22.9. The fourth-order valence-corrected chi connectivity index (χ4v) is 2.67. The average molecular weight is 273 g/mol. The van der Waals surface area contributed by atoms with E-state index >= 15 is 0 Å². The van der Waals surface area contributed by atoms with Crippen molar-refractivity contribution >= 4 is 22.5 Å². The van der Waals surface area contributed by atoms with Crippen LogP contribution in [0, 0.1) is 0 Å². The Morgan fingerprint density at radius 1 is 1.45 bits per heavy atom. The smallest absolute Gasteiger partial charge is 0.267 e. The van der Waals surface area contributed by atoms with Crippen molar-refractivity contribution in [3.8, 4) is 0 Å². The van der Waals surface area contributed by atoms with Crippen LogP contribution < -0.4 is 11.1 Å². The van der Waals surface area contributed by atoms with Gasteiger partial charge in [-0.1, -0.05) is 0 Å². The predicted molar refractivity (Wildman–Crippen MR) is 78.6 cm³/mol. The lowest BCUT2D eigenvalue weighted by Gasteiger charge is -2.27. The summed E-state index contributed by atoms with van der Waals surface area (Å²) in [5, 5.41) is 4.01. The number of aromatic amines is 1. The number of anilines is 1. The van der Waals surface area contributed by atoms with Crippen molar-refractivity contribution in [2.45, 2.75) is 31.9 Å². The van der Waals surface area contributed by atoms with Gasteiger partial charge in [-0.25, -0.2) is 0 Å². The fraction of sp³-hybridized carbons (Fsp3) is 0.400. The number of H-pyrrole nitrogens is 1. The van der Waals surface area contributed by atoms with Gasteiger partial charge in [0.15, 0.2) is 0 Å². The molecule has 2 unspecified atom stereocenters. The van der Waals surface area contributed by atoms with E-state index in [4.69, 9.17) is 10.5 Å². The summed E-state index contributed by atoms with van der Waals surface area (Å²) in [6.07, 6.45) is 1.93. The number of amides is 1. The van der Waals surface area contributed by atoms with Crippen LogP contribution in [0.2, 0.25) is 0 Å². The van der Waals surface area contributed by atoms with Crippen LogP contribution in [0.4, 0.5) is 5.69 Å². The van der Waals surface area contributed by atoms with Gasteiger partial charge < -0.3 is 20.8 Å². The fourth-order valence-electron chi connectivity index (χ4n) is 2.67. The van der Waals surface area contributed by atoms with E-state index in [2.05, 4.69) is 10.3 Å². The van der Waals surface area contributed by atoms with Crippen LogP contribution in [0.3, 0.4) is 0 Å². The number of carbonyl (C=O) groups excluding carboxylic acids is 1. The number of ether oxygens (including phenoxy) is 1. The first-order valence-corrected chi connectivity index (χ1v) is 6.92. The third-order valence-electron chi connectivity index (χ3n) is 3.71. The molecule has 3 rings (SSSR count). The Kier molecular flexibility index (Phi) is 3.36. The summed E-state index contributed by atoms with van der Waals surface area (Å²) in [7, 11) is 0. The quantitative estimate of drug-likeness (QED) is 0.733. The lowest BCUT2D eigenvalue weighted by Crippen LogP contribution is -2.41. The van der Waals surface area contributed by atoms with Gasteiger partial charge in [0.1, 0.15) is 5.69 Å². The molecule has 1 aliphatic rings. The summed E-state index contributed by atoms with van der Waals surface area (Å²) in [4.78, 5) is 15.4. The van der Waals surface area contributed by atoms with Crippen molar-refractivity contribution in [1.82, 2.24) is 10.3 Å². The lowest BCUT2D eigenvalue weighted by atomic mass is 10.0. The number of nitrogens with two attached hydrogens (primary N) is 1. The number of hydrogen-bond donors (Lipinski definition) is 3. The van der Waals surface area contributed by atoms with Crippen LogP contribution in [-0.4, -0.2) is 29.6 Å². The second kappa shape index (κ2) is 5.17. The zero-order valence-electron chi connectivity index (χ0n) is 11.5. The molecule has 2 atom stereocenters. The van der Waals surface area contributed by atoms with E-state index in [9.17, 15) is 4.79 Å². The maximum atomic E-state index is 12.3. The molecule has 1 saturated heterocycles. The molecule has 106 valence electrons. The van der Waals surface area contributed by atoms with Gasteiger partial charge in [0.05, 0.1) is 6.10 Å². The Balaban J connectivity index is 1.75. The molecule has 1 aliphatic heterocycles. The largest absolute Gasteiger partial charge is 0.399 e. The Morgan fingerprint density at radius 2 is 2.30 bits per heavy atom.